The predicted octanol–water partition coefficient (Wildman–Crippen LogP) is -0.773. The fraction of sp³-hybridized carbons (Fsp3) is 0.286. The SMILES string of the molecule is NCCNS(=O)(=O)c1ccc([N+](=O)[O-])nc1. The molecule has 0 aliphatic rings. The van der Waals surface area contributed by atoms with E-state index in [0.29, 0.717) is 0 Å². The zero-order chi connectivity index (χ0) is 12.2. The van der Waals surface area contributed by atoms with Crippen LogP contribution in [0.1, 0.15) is 0 Å². The molecule has 88 valence electrons. The van der Waals surface area contributed by atoms with Crippen LogP contribution in [0, 0.1) is 10.1 Å². The number of aromatic nitrogens is 1. The van der Waals surface area contributed by atoms with Crippen LogP contribution in [0.15, 0.2) is 23.2 Å². The summed E-state index contributed by atoms with van der Waals surface area (Å²) in [6.07, 6.45) is 0.928. The number of rotatable bonds is 5. The van der Waals surface area contributed by atoms with Crippen molar-refractivity contribution in [2.45, 2.75) is 4.90 Å². The van der Waals surface area contributed by atoms with Gasteiger partial charge in [-0.25, -0.2) is 13.1 Å². The minimum Gasteiger partial charge on any atom is -0.358 e. The zero-order valence-corrected chi connectivity index (χ0v) is 8.98. The fourth-order valence-corrected chi connectivity index (χ4v) is 1.91. The van der Waals surface area contributed by atoms with Gasteiger partial charge in [0, 0.05) is 19.2 Å². The number of sulfonamides is 1. The van der Waals surface area contributed by atoms with Gasteiger partial charge in [0.05, 0.1) is 0 Å². The van der Waals surface area contributed by atoms with Crippen molar-refractivity contribution >= 4 is 15.8 Å². The molecule has 1 aromatic rings. The van der Waals surface area contributed by atoms with Gasteiger partial charge < -0.3 is 15.8 Å². The molecule has 0 spiro atoms. The molecule has 0 radical (unpaired) electrons. The van der Waals surface area contributed by atoms with Gasteiger partial charge in [-0.05, 0) is 16.0 Å². The molecule has 0 aromatic carbocycles. The lowest BCUT2D eigenvalue weighted by Gasteiger charge is -2.02. The summed E-state index contributed by atoms with van der Waals surface area (Å²) in [6.45, 7) is 0.263. The number of pyridine rings is 1. The molecule has 0 saturated carbocycles. The van der Waals surface area contributed by atoms with Crippen LogP contribution in [0.2, 0.25) is 0 Å². The molecule has 0 saturated heterocycles. The monoisotopic (exact) mass is 246 g/mol. The third-order valence-corrected chi connectivity index (χ3v) is 3.10. The first-order chi connectivity index (χ1) is 7.47. The van der Waals surface area contributed by atoms with E-state index in [9.17, 15) is 18.5 Å². The van der Waals surface area contributed by atoms with Crippen LogP contribution in [-0.2, 0) is 10.0 Å². The van der Waals surface area contributed by atoms with Crippen molar-refractivity contribution in [3.63, 3.8) is 0 Å². The molecule has 0 bridgehead atoms. The number of nitrogens with one attached hydrogen (secondary N) is 1. The van der Waals surface area contributed by atoms with Gasteiger partial charge in [-0.1, -0.05) is 0 Å². The Morgan fingerprint density at radius 1 is 1.50 bits per heavy atom. The van der Waals surface area contributed by atoms with E-state index in [1.807, 2.05) is 0 Å². The summed E-state index contributed by atoms with van der Waals surface area (Å²) in [5, 5.41) is 10.3. The fourth-order valence-electron chi connectivity index (χ4n) is 0.916. The lowest BCUT2D eigenvalue weighted by Crippen LogP contribution is -2.29. The van der Waals surface area contributed by atoms with E-state index in [0.717, 1.165) is 18.3 Å². The number of nitro groups is 1. The maximum absolute atomic E-state index is 11.5. The summed E-state index contributed by atoms with van der Waals surface area (Å²) >= 11 is 0. The third kappa shape index (κ3) is 2.95. The second-order valence-corrected chi connectivity index (χ2v) is 4.56. The molecule has 0 aliphatic heterocycles. The van der Waals surface area contributed by atoms with Gasteiger partial charge in [0.1, 0.15) is 4.90 Å². The van der Waals surface area contributed by atoms with Crippen molar-refractivity contribution in [2.24, 2.45) is 5.73 Å². The molecule has 0 fully saturated rings. The number of nitrogens with zero attached hydrogens (tertiary/aromatic N) is 2. The van der Waals surface area contributed by atoms with Gasteiger partial charge >= 0.3 is 5.82 Å². The molecule has 3 N–H and O–H groups in total. The Hall–Kier alpha value is -1.58. The first-order valence-electron chi connectivity index (χ1n) is 4.27. The molecular formula is C7H10N4O4S. The van der Waals surface area contributed by atoms with E-state index in [1.165, 1.54) is 0 Å². The van der Waals surface area contributed by atoms with E-state index in [-0.39, 0.29) is 18.0 Å². The second kappa shape index (κ2) is 4.96. The summed E-state index contributed by atoms with van der Waals surface area (Å²) in [7, 11) is -3.68. The Balaban J connectivity index is 2.93. The largest absolute Gasteiger partial charge is 0.363 e. The molecule has 1 rings (SSSR count). The summed E-state index contributed by atoms with van der Waals surface area (Å²) in [4.78, 5) is 12.9. The third-order valence-electron chi connectivity index (χ3n) is 1.65. The van der Waals surface area contributed by atoms with E-state index < -0.39 is 20.8 Å². The highest BCUT2D eigenvalue weighted by Crippen LogP contribution is 2.11. The average Bonchev–Trinajstić information content (AvgIpc) is 2.26. The van der Waals surface area contributed by atoms with Gasteiger partial charge in [-0.3, -0.25) is 0 Å². The first kappa shape index (κ1) is 12.5. The van der Waals surface area contributed by atoms with Crippen LogP contribution in [0.5, 0.6) is 0 Å². The first-order valence-corrected chi connectivity index (χ1v) is 5.76. The van der Waals surface area contributed by atoms with Crippen LogP contribution in [0.3, 0.4) is 0 Å². The molecule has 1 heterocycles. The summed E-state index contributed by atoms with van der Waals surface area (Å²) in [5.41, 5.74) is 5.15. The molecule has 8 nitrogen and oxygen atoms in total. The number of hydrogen-bond acceptors (Lipinski definition) is 6. The number of hydrogen-bond donors (Lipinski definition) is 2. The molecule has 0 amide bonds. The molecule has 0 unspecified atom stereocenters. The Kier molecular flexibility index (Phi) is 3.88. The lowest BCUT2D eigenvalue weighted by molar-refractivity contribution is -0.389. The van der Waals surface area contributed by atoms with Crippen LogP contribution in [0.25, 0.3) is 0 Å². The van der Waals surface area contributed by atoms with Crippen molar-refractivity contribution in [3.8, 4) is 0 Å². The Bertz CT molecular complexity index is 470. The predicted molar refractivity (Wildman–Crippen MR) is 55.1 cm³/mol. The smallest absolute Gasteiger partial charge is 0.358 e. The highest BCUT2D eigenvalue weighted by Gasteiger charge is 2.17. The van der Waals surface area contributed by atoms with Crippen LogP contribution >= 0.6 is 0 Å². The minimum absolute atomic E-state index is 0.0965. The quantitative estimate of drug-likeness (QED) is 0.518. The lowest BCUT2D eigenvalue weighted by atomic mass is 10.5. The number of nitrogens with two attached hydrogens (primary N) is 1. The van der Waals surface area contributed by atoms with Crippen LogP contribution in [-0.4, -0.2) is 31.4 Å². The molecular weight excluding hydrogens is 236 g/mol. The summed E-state index contributed by atoms with van der Waals surface area (Å²) in [5.74, 6) is -0.405. The topological polar surface area (TPSA) is 128 Å². The van der Waals surface area contributed by atoms with E-state index in [2.05, 4.69) is 9.71 Å². The Morgan fingerprint density at radius 2 is 2.19 bits per heavy atom. The zero-order valence-electron chi connectivity index (χ0n) is 8.16. The summed E-state index contributed by atoms with van der Waals surface area (Å²) < 4.78 is 25.2. The van der Waals surface area contributed by atoms with Gasteiger partial charge in [0.25, 0.3) is 0 Å². The maximum Gasteiger partial charge on any atom is 0.363 e. The highest BCUT2D eigenvalue weighted by atomic mass is 32.2. The molecule has 16 heavy (non-hydrogen) atoms. The molecule has 0 aliphatic carbocycles. The van der Waals surface area contributed by atoms with Gasteiger partial charge in [0.2, 0.25) is 10.0 Å². The van der Waals surface area contributed by atoms with E-state index >= 15 is 0 Å². The van der Waals surface area contributed by atoms with Crippen LogP contribution < -0.4 is 10.5 Å². The van der Waals surface area contributed by atoms with Crippen molar-refractivity contribution < 1.29 is 13.3 Å². The molecule has 0 atom stereocenters. The average molecular weight is 246 g/mol. The molecule has 9 heteroatoms. The molecule has 1 aromatic heterocycles. The highest BCUT2D eigenvalue weighted by molar-refractivity contribution is 7.89. The van der Waals surface area contributed by atoms with Gasteiger partial charge in [-0.2, -0.15) is 0 Å². The maximum atomic E-state index is 11.5. The second-order valence-electron chi connectivity index (χ2n) is 2.80. The Morgan fingerprint density at radius 3 is 2.62 bits per heavy atom. The normalized spacial score (nSPS) is 11.3. The van der Waals surface area contributed by atoms with Crippen molar-refractivity contribution in [1.82, 2.24) is 9.71 Å². The minimum atomic E-state index is -3.68. The van der Waals surface area contributed by atoms with Crippen molar-refractivity contribution in [3.05, 3.63) is 28.4 Å². The Labute approximate surface area is 91.7 Å². The van der Waals surface area contributed by atoms with E-state index in [4.69, 9.17) is 5.73 Å². The van der Waals surface area contributed by atoms with E-state index in [1.54, 1.807) is 0 Å². The van der Waals surface area contributed by atoms with Crippen molar-refractivity contribution in [2.75, 3.05) is 13.1 Å². The van der Waals surface area contributed by atoms with Crippen LogP contribution in [0.4, 0.5) is 5.82 Å². The standard InChI is InChI=1S/C7H10N4O4S/c8-3-4-10-16(14,15)6-1-2-7(9-5-6)11(12)13/h1-2,5,10H,3-4,8H2. The van der Waals surface area contributed by atoms with Gasteiger partial charge in [-0.15, -0.1) is 0 Å². The van der Waals surface area contributed by atoms with Crippen molar-refractivity contribution in [1.29, 1.82) is 0 Å². The van der Waals surface area contributed by atoms with Gasteiger partial charge in [0.15, 0.2) is 6.20 Å². The summed E-state index contributed by atoms with van der Waals surface area (Å²) in [6, 6.07) is 2.14.